The molecule has 0 aliphatic heterocycles. The van der Waals surface area contributed by atoms with Gasteiger partial charge >= 0.3 is 5.97 Å². The van der Waals surface area contributed by atoms with Crippen molar-refractivity contribution >= 4 is 28.5 Å². The van der Waals surface area contributed by atoms with Gasteiger partial charge in [0.2, 0.25) is 0 Å². The standard InChI is InChI=1S/C10H9ClN2O2/c1-13-8-3-2-6(4-9(14)15)10(11)7(8)5-12-13/h2-3,5H,4H2,1H3,(H,14,15). The van der Waals surface area contributed by atoms with Crippen molar-refractivity contribution in [2.45, 2.75) is 6.42 Å². The molecule has 0 spiro atoms. The zero-order chi connectivity index (χ0) is 11.0. The minimum Gasteiger partial charge on any atom is -0.481 e. The van der Waals surface area contributed by atoms with Crippen LogP contribution in [0.3, 0.4) is 0 Å². The Kier molecular flexibility index (Phi) is 2.36. The van der Waals surface area contributed by atoms with E-state index >= 15 is 0 Å². The third-order valence-electron chi connectivity index (χ3n) is 2.29. The highest BCUT2D eigenvalue weighted by molar-refractivity contribution is 6.36. The van der Waals surface area contributed by atoms with Crippen LogP contribution in [0.5, 0.6) is 0 Å². The van der Waals surface area contributed by atoms with Crippen LogP contribution in [0.25, 0.3) is 10.9 Å². The monoisotopic (exact) mass is 224 g/mol. The summed E-state index contributed by atoms with van der Waals surface area (Å²) in [6.07, 6.45) is 1.58. The number of aliphatic carboxylic acids is 1. The number of aromatic nitrogens is 2. The number of carboxylic acid groups (broad SMARTS) is 1. The number of hydrogen-bond acceptors (Lipinski definition) is 2. The van der Waals surface area contributed by atoms with Gasteiger partial charge in [0.25, 0.3) is 0 Å². The number of carbonyl (C=O) groups is 1. The number of nitrogens with zero attached hydrogens (tertiary/aromatic N) is 2. The van der Waals surface area contributed by atoms with Gasteiger partial charge in [0.05, 0.1) is 23.2 Å². The highest BCUT2D eigenvalue weighted by atomic mass is 35.5. The maximum absolute atomic E-state index is 10.6. The Labute approximate surface area is 91.1 Å². The van der Waals surface area contributed by atoms with Crippen molar-refractivity contribution in [1.82, 2.24) is 9.78 Å². The molecular weight excluding hydrogens is 216 g/mol. The Bertz CT molecular complexity index is 533. The third kappa shape index (κ3) is 1.68. The normalized spacial score (nSPS) is 10.8. The molecule has 4 nitrogen and oxygen atoms in total. The first kappa shape index (κ1) is 9.98. The van der Waals surface area contributed by atoms with Crippen LogP contribution in [-0.2, 0) is 18.3 Å². The predicted molar refractivity (Wildman–Crippen MR) is 57.1 cm³/mol. The molecule has 15 heavy (non-hydrogen) atoms. The van der Waals surface area contributed by atoms with Crippen molar-refractivity contribution in [2.24, 2.45) is 7.05 Å². The molecule has 2 aromatic rings. The molecule has 0 saturated heterocycles. The smallest absolute Gasteiger partial charge is 0.307 e. The molecule has 0 unspecified atom stereocenters. The van der Waals surface area contributed by atoms with Crippen molar-refractivity contribution in [1.29, 1.82) is 0 Å². The summed E-state index contributed by atoms with van der Waals surface area (Å²) in [6.45, 7) is 0. The predicted octanol–water partition coefficient (Wildman–Crippen LogP) is 1.85. The first-order valence-corrected chi connectivity index (χ1v) is 4.78. The average molecular weight is 225 g/mol. The van der Waals surface area contributed by atoms with Gasteiger partial charge in [-0.25, -0.2) is 0 Å². The SMILES string of the molecule is Cn1ncc2c(Cl)c(CC(=O)O)ccc21. The van der Waals surface area contributed by atoms with E-state index in [1.54, 1.807) is 16.9 Å². The van der Waals surface area contributed by atoms with Crippen LogP contribution in [0.4, 0.5) is 0 Å². The number of rotatable bonds is 2. The molecule has 0 radical (unpaired) electrons. The fourth-order valence-electron chi connectivity index (χ4n) is 1.54. The summed E-state index contributed by atoms with van der Waals surface area (Å²) < 4.78 is 1.70. The van der Waals surface area contributed by atoms with Crippen LogP contribution in [-0.4, -0.2) is 20.9 Å². The van der Waals surface area contributed by atoms with Crippen LogP contribution >= 0.6 is 11.6 Å². The van der Waals surface area contributed by atoms with E-state index < -0.39 is 5.97 Å². The highest BCUT2D eigenvalue weighted by Gasteiger charge is 2.10. The number of carboxylic acids is 1. The second kappa shape index (κ2) is 3.55. The summed E-state index contributed by atoms with van der Waals surface area (Å²) in [6, 6.07) is 3.55. The van der Waals surface area contributed by atoms with Gasteiger partial charge in [-0.05, 0) is 11.6 Å². The summed E-state index contributed by atoms with van der Waals surface area (Å²) in [5.74, 6) is -0.889. The molecule has 0 fully saturated rings. The topological polar surface area (TPSA) is 55.1 Å². The van der Waals surface area contributed by atoms with E-state index in [0.29, 0.717) is 10.6 Å². The van der Waals surface area contributed by atoms with Gasteiger partial charge in [-0.1, -0.05) is 17.7 Å². The molecule has 1 aromatic carbocycles. The maximum atomic E-state index is 10.6. The molecule has 0 aliphatic carbocycles. The second-order valence-electron chi connectivity index (χ2n) is 3.31. The van der Waals surface area contributed by atoms with Gasteiger partial charge in [-0.15, -0.1) is 0 Å². The first-order valence-electron chi connectivity index (χ1n) is 4.40. The van der Waals surface area contributed by atoms with Gasteiger partial charge in [0, 0.05) is 12.4 Å². The Morgan fingerprint density at radius 1 is 1.60 bits per heavy atom. The Morgan fingerprint density at radius 3 is 3.00 bits per heavy atom. The molecule has 0 bridgehead atoms. The number of halogens is 1. The zero-order valence-corrected chi connectivity index (χ0v) is 8.82. The van der Waals surface area contributed by atoms with E-state index in [9.17, 15) is 4.79 Å². The van der Waals surface area contributed by atoms with E-state index in [2.05, 4.69) is 5.10 Å². The van der Waals surface area contributed by atoms with Crippen LogP contribution in [0, 0.1) is 0 Å². The summed E-state index contributed by atoms with van der Waals surface area (Å²) in [7, 11) is 1.82. The van der Waals surface area contributed by atoms with Crippen molar-refractivity contribution in [3.63, 3.8) is 0 Å². The zero-order valence-electron chi connectivity index (χ0n) is 8.07. The van der Waals surface area contributed by atoms with E-state index in [1.165, 1.54) is 0 Å². The van der Waals surface area contributed by atoms with E-state index in [-0.39, 0.29) is 6.42 Å². The summed E-state index contributed by atoms with van der Waals surface area (Å²) in [4.78, 5) is 10.6. The lowest BCUT2D eigenvalue weighted by Crippen LogP contribution is -2.00. The molecule has 0 saturated carbocycles. The van der Waals surface area contributed by atoms with Crippen LogP contribution in [0.2, 0.25) is 5.02 Å². The van der Waals surface area contributed by atoms with Crippen molar-refractivity contribution < 1.29 is 9.90 Å². The molecular formula is C10H9ClN2O2. The van der Waals surface area contributed by atoms with Gasteiger partial charge in [-0.2, -0.15) is 5.10 Å². The lowest BCUT2D eigenvalue weighted by Gasteiger charge is -2.02. The molecule has 78 valence electrons. The van der Waals surface area contributed by atoms with E-state index in [1.807, 2.05) is 13.1 Å². The van der Waals surface area contributed by atoms with Gasteiger partial charge < -0.3 is 5.11 Å². The van der Waals surface area contributed by atoms with Crippen molar-refractivity contribution in [3.8, 4) is 0 Å². The van der Waals surface area contributed by atoms with E-state index in [0.717, 1.165) is 10.9 Å². The Morgan fingerprint density at radius 2 is 2.33 bits per heavy atom. The van der Waals surface area contributed by atoms with Gasteiger partial charge in [0.15, 0.2) is 0 Å². The largest absolute Gasteiger partial charge is 0.481 e. The molecule has 1 heterocycles. The quantitative estimate of drug-likeness (QED) is 0.847. The number of benzene rings is 1. The van der Waals surface area contributed by atoms with Crippen LogP contribution in [0.15, 0.2) is 18.3 Å². The van der Waals surface area contributed by atoms with Crippen LogP contribution in [0.1, 0.15) is 5.56 Å². The second-order valence-corrected chi connectivity index (χ2v) is 3.69. The average Bonchev–Trinajstić information content (AvgIpc) is 2.53. The number of aryl methyl sites for hydroxylation is 1. The fraction of sp³-hybridized carbons (Fsp3) is 0.200. The Balaban J connectivity index is 2.60. The molecule has 1 aromatic heterocycles. The molecule has 0 aliphatic rings. The van der Waals surface area contributed by atoms with Gasteiger partial charge in [0.1, 0.15) is 0 Å². The van der Waals surface area contributed by atoms with Crippen LogP contribution < -0.4 is 0 Å². The fourth-order valence-corrected chi connectivity index (χ4v) is 1.81. The highest BCUT2D eigenvalue weighted by Crippen LogP contribution is 2.27. The summed E-state index contributed by atoms with van der Waals surface area (Å²) in [5.41, 5.74) is 1.51. The van der Waals surface area contributed by atoms with Crippen molar-refractivity contribution in [2.75, 3.05) is 0 Å². The number of fused-ring (bicyclic) bond motifs is 1. The minimum atomic E-state index is -0.889. The lowest BCUT2D eigenvalue weighted by atomic mass is 10.1. The number of hydrogen-bond donors (Lipinski definition) is 1. The molecule has 5 heteroatoms. The summed E-state index contributed by atoms with van der Waals surface area (Å²) in [5, 5.41) is 14.0. The minimum absolute atomic E-state index is 0.0658. The third-order valence-corrected chi connectivity index (χ3v) is 2.73. The van der Waals surface area contributed by atoms with Crippen molar-refractivity contribution in [3.05, 3.63) is 28.9 Å². The molecule has 1 N–H and O–H groups in total. The molecule has 0 amide bonds. The molecule has 2 rings (SSSR count). The summed E-state index contributed by atoms with van der Waals surface area (Å²) >= 11 is 6.08. The lowest BCUT2D eigenvalue weighted by molar-refractivity contribution is -0.136. The molecule has 0 atom stereocenters. The van der Waals surface area contributed by atoms with Gasteiger partial charge in [-0.3, -0.25) is 9.48 Å². The first-order chi connectivity index (χ1) is 7.09. The maximum Gasteiger partial charge on any atom is 0.307 e. The Hall–Kier alpha value is -1.55. The van der Waals surface area contributed by atoms with E-state index in [4.69, 9.17) is 16.7 Å².